The van der Waals surface area contributed by atoms with Gasteiger partial charge in [-0.3, -0.25) is 0 Å². The Morgan fingerprint density at radius 1 is 1.41 bits per heavy atom. The fourth-order valence-electron chi connectivity index (χ4n) is 2.14. The molecule has 1 aromatic heterocycles. The molecule has 0 radical (unpaired) electrons. The highest BCUT2D eigenvalue weighted by atomic mass is 16.5. The minimum atomic E-state index is -1.07. The molecule has 1 aliphatic rings. The van der Waals surface area contributed by atoms with Crippen LogP contribution in [-0.4, -0.2) is 27.1 Å². The molecule has 0 spiro atoms. The average Bonchev–Trinajstić information content (AvgIpc) is 2.29. The summed E-state index contributed by atoms with van der Waals surface area (Å²) in [5.74, 6) is 0.0180. The van der Waals surface area contributed by atoms with Crippen molar-refractivity contribution in [2.45, 2.75) is 38.7 Å². The number of hydrogen-bond acceptors (Lipinski definition) is 4. The minimum Gasteiger partial charge on any atom is -0.476 e. The maximum Gasteiger partial charge on any atom is 0.356 e. The molecule has 2 unspecified atom stereocenters. The molecule has 1 aliphatic carbocycles. The zero-order chi connectivity index (χ0) is 12.3. The van der Waals surface area contributed by atoms with Crippen LogP contribution >= 0.6 is 0 Å². The van der Waals surface area contributed by atoms with Crippen molar-refractivity contribution >= 4 is 5.97 Å². The maximum atomic E-state index is 10.6. The lowest BCUT2D eigenvalue weighted by molar-refractivity contribution is 0.0689. The molecule has 1 N–H and O–H groups in total. The standard InChI is InChI=1S/C12H16N2O3/c1-8-3-2-4-9(5-8)17-11-7-13-10(6-14-11)12(15)16/h6-9H,2-5H2,1H3,(H,15,16). The number of carboxylic acid groups (broad SMARTS) is 1. The van der Waals surface area contributed by atoms with E-state index in [1.165, 1.54) is 25.2 Å². The molecular formula is C12H16N2O3. The summed E-state index contributed by atoms with van der Waals surface area (Å²) in [7, 11) is 0. The molecule has 1 heterocycles. The van der Waals surface area contributed by atoms with Crippen LogP contribution in [0.25, 0.3) is 0 Å². The lowest BCUT2D eigenvalue weighted by atomic mass is 9.89. The SMILES string of the molecule is CC1CCCC(Oc2cnc(C(=O)O)cn2)C1. The number of aromatic carboxylic acids is 1. The molecule has 5 heteroatoms. The third-order valence-electron chi connectivity index (χ3n) is 3.02. The van der Waals surface area contributed by atoms with E-state index in [1.54, 1.807) is 0 Å². The molecule has 0 bridgehead atoms. The van der Waals surface area contributed by atoms with Crippen molar-refractivity contribution in [2.24, 2.45) is 5.92 Å². The van der Waals surface area contributed by atoms with Gasteiger partial charge in [0.15, 0.2) is 5.69 Å². The number of rotatable bonds is 3. The molecular weight excluding hydrogens is 220 g/mol. The molecule has 17 heavy (non-hydrogen) atoms. The normalized spacial score (nSPS) is 24.3. The highest BCUT2D eigenvalue weighted by molar-refractivity contribution is 5.84. The summed E-state index contributed by atoms with van der Waals surface area (Å²) in [4.78, 5) is 18.3. The summed E-state index contributed by atoms with van der Waals surface area (Å²) in [6, 6.07) is 0. The Kier molecular flexibility index (Phi) is 3.56. The highest BCUT2D eigenvalue weighted by Crippen LogP contribution is 2.26. The summed E-state index contributed by atoms with van der Waals surface area (Å²) in [5.41, 5.74) is -0.0608. The van der Waals surface area contributed by atoms with E-state index < -0.39 is 5.97 Å². The number of ether oxygens (including phenoxy) is 1. The quantitative estimate of drug-likeness (QED) is 0.870. The van der Waals surface area contributed by atoms with E-state index in [4.69, 9.17) is 9.84 Å². The van der Waals surface area contributed by atoms with Crippen molar-refractivity contribution in [3.8, 4) is 5.88 Å². The fourth-order valence-corrected chi connectivity index (χ4v) is 2.14. The second-order valence-corrected chi connectivity index (χ2v) is 4.56. The summed E-state index contributed by atoms with van der Waals surface area (Å²) >= 11 is 0. The van der Waals surface area contributed by atoms with Gasteiger partial charge in [-0.2, -0.15) is 0 Å². The van der Waals surface area contributed by atoms with Crippen molar-refractivity contribution in [3.05, 3.63) is 18.1 Å². The molecule has 5 nitrogen and oxygen atoms in total. The van der Waals surface area contributed by atoms with Gasteiger partial charge in [-0.1, -0.05) is 13.3 Å². The summed E-state index contributed by atoms with van der Waals surface area (Å²) in [5, 5.41) is 8.69. The molecule has 0 saturated heterocycles. The van der Waals surface area contributed by atoms with Crippen LogP contribution in [0, 0.1) is 5.92 Å². The molecule has 0 amide bonds. The van der Waals surface area contributed by atoms with E-state index in [9.17, 15) is 4.79 Å². The van der Waals surface area contributed by atoms with E-state index in [1.807, 2.05) is 0 Å². The van der Waals surface area contributed by atoms with E-state index in [-0.39, 0.29) is 11.8 Å². The van der Waals surface area contributed by atoms with Gasteiger partial charge in [0, 0.05) is 0 Å². The monoisotopic (exact) mass is 236 g/mol. The van der Waals surface area contributed by atoms with Gasteiger partial charge in [-0.15, -0.1) is 0 Å². The Morgan fingerprint density at radius 3 is 2.82 bits per heavy atom. The van der Waals surface area contributed by atoms with Crippen LogP contribution in [0.1, 0.15) is 43.1 Å². The van der Waals surface area contributed by atoms with Crippen molar-refractivity contribution < 1.29 is 14.6 Å². The first kappa shape index (κ1) is 11.8. The highest BCUT2D eigenvalue weighted by Gasteiger charge is 2.20. The van der Waals surface area contributed by atoms with Crippen LogP contribution in [0.15, 0.2) is 12.4 Å². The van der Waals surface area contributed by atoms with Crippen molar-refractivity contribution in [2.75, 3.05) is 0 Å². The first-order chi connectivity index (χ1) is 8.15. The molecule has 2 rings (SSSR count). The first-order valence-electron chi connectivity index (χ1n) is 5.87. The van der Waals surface area contributed by atoms with Crippen LogP contribution in [0.5, 0.6) is 5.88 Å². The zero-order valence-corrected chi connectivity index (χ0v) is 9.80. The molecule has 2 atom stereocenters. The van der Waals surface area contributed by atoms with Gasteiger partial charge in [0.25, 0.3) is 0 Å². The second-order valence-electron chi connectivity index (χ2n) is 4.56. The van der Waals surface area contributed by atoms with E-state index in [0.29, 0.717) is 11.8 Å². The zero-order valence-electron chi connectivity index (χ0n) is 9.80. The van der Waals surface area contributed by atoms with Gasteiger partial charge < -0.3 is 9.84 Å². The van der Waals surface area contributed by atoms with Crippen molar-refractivity contribution in [1.29, 1.82) is 0 Å². The number of hydrogen-bond donors (Lipinski definition) is 1. The number of aromatic nitrogens is 2. The summed E-state index contributed by atoms with van der Waals surface area (Å²) in [6.45, 7) is 2.22. The third kappa shape index (κ3) is 3.15. The Bertz CT molecular complexity index is 391. The van der Waals surface area contributed by atoms with E-state index >= 15 is 0 Å². The van der Waals surface area contributed by atoms with E-state index in [0.717, 1.165) is 12.8 Å². The first-order valence-corrected chi connectivity index (χ1v) is 5.87. The second kappa shape index (κ2) is 5.12. The van der Waals surface area contributed by atoms with Crippen molar-refractivity contribution in [1.82, 2.24) is 9.97 Å². The van der Waals surface area contributed by atoms with Gasteiger partial charge in [-0.05, 0) is 25.2 Å². The Morgan fingerprint density at radius 2 is 2.24 bits per heavy atom. The molecule has 1 aromatic rings. The summed E-state index contributed by atoms with van der Waals surface area (Å²) < 4.78 is 5.69. The van der Waals surface area contributed by atoms with Gasteiger partial charge >= 0.3 is 5.97 Å². The lowest BCUT2D eigenvalue weighted by Gasteiger charge is -2.26. The number of carboxylic acids is 1. The lowest BCUT2D eigenvalue weighted by Crippen LogP contribution is -2.24. The topological polar surface area (TPSA) is 72.3 Å². The van der Waals surface area contributed by atoms with Gasteiger partial charge in [-0.25, -0.2) is 14.8 Å². The van der Waals surface area contributed by atoms with Crippen molar-refractivity contribution in [3.63, 3.8) is 0 Å². The number of nitrogens with zero attached hydrogens (tertiary/aromatic N) is 2. The largest absolute Gasteiger partial charge is 0.476 e. The van der Waals surface area contributed by atoms with E-state index in [2.05, 4.69) is 16.9 Å². The third-order valence-corrected chi connectivity index (χ3v) is 3.02. The molecule has 1 fully saturated rings. The number of carbonyl (C=O) groups is 1. The van der Waals surface area contributed by atoms with Crippen LogP contribution in [0.2, 0.25) is 0 Å². The van der Waals surface area contributed by atoms with Gasteiger partial charge in [0.05, 0.1) is 12.4 Å². The molecule has 0 aromatic carbocycles. The summed E-state index contributed by atoms with van der Waals surface area (Å²) in [6.07, 6.45) is 7.28. The smallest absolute Gasteiger partial charge is 0.356 e. The maximum absolute atomic E-state index is 10.6. The fraction of sp³-hybridized carbons (Fsp3) is 0.583. The molecule has 0 aliphatic heterocycles. The Hall–Kier alpha value is -1.65. The Labute approximate surface area is 99.9 Å². The van der Waals surface area contributed by atoms with Gasteiger partial charge in [0.2, 0.25) is 5.88 Å². The molecule has 92 valence electrons. The minimum absolute atomic E-state index is 0.0608. The predicted molar refractivity (Wildman–Crippen MR) is 61.0 cm³/mol. The molecule has 1 saturated carbocycles. The van der Waals surface area contributed by atoms with Crippen LogP contribution < -0.4 is 4.74 Å². The Balaban J connectivity index is 1.96. The average molecular weight is 236 g/mol. The van der Waals surface area contributed by atoms with Crippen LogP contribution in [-0.2, 0) is 0 Å². The van der Waals surface area contributed by atoms with Gasteiger partial charge in [0.1, 0.15) is 6.10 Å². The predicted octanol–water partition coefficient (Wildman–Crippen LogP) is 2.13. The van der Waals surface area contributed by atoms with Crippen LogP contribution in [0.4, 0.5) is 0 Å². The van der Waals surface area contributed by atoms with Crippen LogP contribution in [0.3, 0.4) is 0 Å².